The lowest BCUT2D eigenvalue weighted by Gasteiger charge is -2.28. The predicted molar refractivity (Wildman–Crippen MR) is 134 cm³/mol. The van der Waals surface area contributed by atoms with Crippen LogP contribution in [0.2, 0.25) is 0 Å². The number of sulfonamides is 1. The normalized spacial score (nSPS) is 16.0. The van der Waals surface area contributed by atoms with Gasteiger partial charge in [-0.25, -0.2) is 8.42 Å². The lowest BCUT2D eigenvalue weighted by molar-refractivity contribution is 0.0954. The summed E-state index contributed by atoms with van der Waals surface area (Å²) in [5, 5.41) is 6.11. The third-order valence-electron chi connectivity index (χ3n) is 5.56. The van der Waals surface area contributed by atoms with Crippen molar-refractivity contribution in [3.05, 3.63) is 83.4 Å². The Morgan fingerprint density at radius 1 is 0.943 bits per heavy atom. The van der Waals surface area contributed by atoms with Crippen LogP contribution >= 0.6 is 0 Å². The minimum Gasteiger partial charge on any atom is -0.490 e. The molecule has 4 rings (SSSR count). The standard InChI is InChI=1S/C26H29N3O5S/c1-3-33-22-14-9-18(17-23(22)34-4-2)15-16-27-26(30)20-12-10-19(11-13-20)25-28-21-7-5-6-8-24(21)35(31,32)29-25/h5-14,17,25,28-29H,3-4,15-16H2,1-2H3,(H,27,30)/t25-/m1/s1. The summed E-state index contributed by atoms with van der Waals surface area (Å²) < 4.78 is 39.0. The Morgan fingerprint density at radius 2 is 1.66 bits per heavy atom. The molecule has 0 saturated carbocycles. The van der Waals surface area contributed by atoms with Crippen molar-refractivity contribution in [2.75, 3.05) is 25.1 Å². The van der Waals surface area contributed by atoms with Crippen LogP contribution < -0.4 is 24.8 Å². The van der Waals surface area contributed by atoms with Gasteiger partial charge in [-0.1, -0.05) is 30.3 Å². The second-order valence-corrected chi connectivity index (χ2v) is 9.65. The predicted octanol–water partition coefficient (Wildman–Crippen LogP) is 3.86. The van der Waals surface area contributed by atoms with E-state index in [9.17, 15) is 13.2 Å². The van der Waals surface area contributed by atoms with Gasteiger partial charge in [-0.2, -0.15) is 4.72 Å². The van der Waals surface area contributed by atoms with Crippen LogP contribution in [0.4, 0.5) is 5.69 Å². The highest BCUT2D eigenvalue weighted by atomic mass is 32.2. The Kier molecular flexibility index (Phi) is 7.57. The van der Waals surface area contributed by atoms with E-state index in [4.69, 9.17) is 9.47 Å². The fourth-order valence-corrected chi connectivity index (χ4v) is 5.18. The first-order valence-electron chi connectivity index (χ1n) is 11.6. The van der Waals surface area contributed by atoms with Crippen LogP contribution in [0.1, 0.15) is 41.5 Å². The average molecular weight is 496 g/mol. The van der Waals surface area contributed by atoms with E-state index in [0.717, 1.165) is 5.56 Å². The quantitative estimate of drug-likeness (QED) is 0.416. The fourth-order valence-electron chi connectivity index (χ4n) is 3.88. The van der Waals surface area contributed by atoms with Crippen molar-refractivity contribution < 1.29 is 22.7 Å². The molecule has 0 saturated heterocycles. The van der Waals surface area contributed by atoms with Gasteiger partial charge in [0.15, 0.2) is 11.5 Å². The van der Waals surface area contributed by atoms with E-state index >= 15 is 0 Å². The van der Waals surface area contributed by atoms with E-state index in [1.165, 1.54) is 0 Å². The molecule has 1 atom stereocenters. The number of ether oxygens (including phenoxy) is 2. The molecule has 184 valence electrons. The van der Waals surface area contributed by atoms with E-state index in [0.29, 0.717) is 54.5 Å². The Balaban J connectivity index is 1.36. The molecule has 0 spiro atoms. The Bertz CT molecular complexity index is 1290. The van der Waals surface area contributed by atoms with Crippen LogP contribution in [0.5, 0.6) is 11.5 Å². The summed E-state index contributed by atoms with van der Waals surface area (Å²) in [6, 6.07) is 19.4. The molecule has 8 nitrogen and oxygen atoms in total. The van der Waals surface area contributed by atoms with Crippen LogP contribution in [-0.4, -0.2) is 34.1 Å². The largest absolute Gasteiger partial charge is 0.490 e. The maximum atomic E-state index is 12.6. The lowest BCUT2D eigenvalue weighted by atomic mass is 10.1. The number of carbonyl (C=O) groups excluding carboxylic acids is 1. The van der Waals surface area contributed by atoms with Crippen molar-refractivity contribution in [2.24, 2.45) is 0 Å². The van der Waals surface area contributed by atoms with Gasteiger partial charge in [0.2, 0.25) is 10.0 Å². The molecule has 0 aromatic heterocycles. The van der Waals surface area contributed by atoms with E-state index in [2.05, 4.69) is 15.4 Å². The van der Waals surface area contributed by atoms with Gasteiger partial charge >= 0.3 is 0 Å². The number of fused-ring (bicyclic) bond motifs is 1. The summed E-state index contributed by atoms with van der Waals surface area (Å²) in [7, 11) is -3.63. The second kappa shape index (κ2) is 10.8. The SMILES string of the molecule is CCOc1ccc(CCNC(=O)c2ccc([C@@H]3Nc4ccccc4S(=O)(=O)N3)cc2)cc1OCC. The topological polar surface area (TPSA) is 106 Å². The molecule has 0 bridgehead atoms. The Labute approximate surface area is 205 Å². The third kappa shape index (κ3) is 5.75. The number of nitrogens with one attached hydrogen (secondary N) is 3. The first kappa shape index (κ1) is 24.6. The van der Waals surface area contributed by atoms with E-state index in [-0.39, 0.29) is 10.8 Å². The van der Waals surface area contributed by atoms with Gasteiger partial charge < -0.3 is 20.1 Å². The third-order valence-corrected chi connectivity index (χ3v) is 7.04. The van der Waals surface area contributed by atoms with Crippen LogP contribution in [0.3, 0.4) is 0 Å². The highest BCUT2D eigenvalue weighted by Gasteiger charge is 2.29. The van der Waals surface area contributed by atoms with Crippen molar-refractivity contribution in [1.29, 1.82) is 0 Å². The van der Waals surface area contributed by atoms with Gasteiger partial charge in [0, 0.05) is 12.1 Å². The number of rotatable bonds is 9. The van der Waals surface area contributed by atoms with Crippen molar-refractivity contribution in [2.45, 2.75) is 31.3 Å². The number of hydrogen-bond donors (Lipinski definition) is 3. The molecule has 35 heavy (non-hydrogen) atoms. The minimum atomic E-state index is -3.63. The summed E-state index contributed by atoms with van der Waals surface area (Å²) in [6.45, 7) is 5.41. The molecule has 9 heteroatoms. The summed E-state index contributed by atoms with van der Waals surface area (Å²) in [4.78, 5) is 12.8. The number of hydrogen-bond acceptors (Lipinski definition) is 6. The van der Waals surface area contributed by atoms with Gasteiger partial charge in [-0.3, -0.25) is 4.79 Å². The van der Waals surface area contributed by atoms with Crippen molar-refractivity contribution >= 4 is 21.6 Å². The number of benzene rings is 3. The van der Waals surface area contributed by atoms with E-state index < -0.39 is 16.2 Å². The molecule has 0 unspecified atom stereocenters. The van der Waals surface area contributed by atoms with Crippen LogP contribution in [-0.2, 0) is 16.4 Å². The zero-order valence-corrected chi connectivity index (χ0v) is 20.5. The number of carbonyl (C=O) groups is 1. The van der Waals surface area contributed by atoms with Crippen LogP contribution in [0, 0.1) is 0 Å². The first-order valence-corrected chi connectivity index (χ1v) is 13.0. The summed E-state index contributed by atoms with van der Waals surface area (Å²) >= 11 is 0. The molecule has 1 amide bonds. The van der Waals surface area contributed by atoms with Crippen molar-refractivity contribution in [1.82, 2.24) is 10.0 Å². The molecular formula is C26H29N3O5S. The summed E-state index contributed by atoms with van der Waals surface area (Å²) in [5.41, 5.74) is 2.77. The number of para-hydroxylation sites is 1. The maximum Gasteiger partial charge on any atom is 0.251 e. The number of amides is 1. The molecule has 1 heterocycles. The Hall–Kier alpha value is -3.56. The fraction of sp³-hybridized carbons (Fsp3) is 0.269. The first-order chi connectivity index (χ1) is 16.9. The molecule has 1 aliphatic heterocycles. The molecule has 1 aliphatic rings. The molecule has 3 N–H and O–H groups in total. The Morgan fingerprint density at radius 3 is 2.40 bits per heavy atom. The van der Waals surface area contributed by atoms with Gasteiger partial charge in [0.05, 0.1) is 18.9 Å². The van der Waals surface area contributed by atoms with E-state index in [1.807, 2.05) is 32.0 Å². The van der Waals surface area contributed by atoms with E-state index in [1.54, 1.807) is 48.5 Å². The molecule has 3 aromatic carbocycles. The molecule has 0 aliphatic carbocycles. The van der Waals surface area contributed by atoms with Crippen molar-refractivity contribution in [3.8, 4) is 11.5 Å². The van der Waals surface area contributed by atoms with Gasteiger partial charge in [-0.05, 0) is 67.8 Å². The van der Waals surface area contributed by atoms with Crippen LogP contribution in [0.25, 0.3) is 0 Å². The zero-order chi connectivity index (χ0) is 24.8. The monoisotopic (exact) mass is 495 g/mol. The van der Waals surface area contributed by atoms with Crippen molar-refractivity contribution in [3.63, 3.8) is 0 Å². The van der Waals surface area contributed by atoms with Crippen LogP contribution in [0.15, 0.2) is 71.6 Å². The highest BCUT2D eigenvalue weighted by molar-refractivity contribution is 7.89. The smallest absolute Gasteiger partial charge is 0.251 e. The highest BCUT2D eigenvalue weighted by Crippen LogP contribution is 2.31. The lowest BCUT2D eigenvalue weighted by Crippen LogP contribution is -2.38. The average Bonchev–Trinajstić information content (AvgIpc) is 2.85. The maximum absolute atomic E-state index is 12.6. The van der Waals surface area contributed by atoms with Gasteiger partial charge in [0.25, 0.3) is 5.91 Å². The zero-order valence-electron chi connectivity index (χ0n) is 19.7. The number of anilines is 1. The molecule has 3 aromatic rings. The molecule has 0 radical (unpaired) electrons. The van der Waals surface area contributed by atoms with Gasteiger partial charge in [0.1, 0.15) is 11.1 Å². The minimum absolute atomic E-state index is 0.199. The second-order valence-electron chi connectivity index (χ2n) is 7.97. The summed E-state index contributed by atoms with van der Waals surface area (Å²) in [6.07, 6.45) is 0.0231. The molecule has 0 fully saturated rings. The summed E-state index contributed by atoms with van der Waals surface area (Å²) in [5.74, 6) is 1.21. The molecular weight excluding hydrogens is 466 g/mol. The van der Waals surface area contributed by atoms with Gasteiger partial charge in [-0.15, -0.1) is 0 Å².